The van der Waals surface area contributed by atoms with Gasteiger partial charge in [0.2, 0.25) is 0 Å². The Labute approximate surface area is 252 Å². The maximum atomic E-state index is 13.8. The number of benzene rings is 2. The van der Waals surface area contributed by atoms with Crippen LogP contribution in [0.2, 0.25) is 0 Å². The van der Waals surface area contributed by atoms with Crippen molar-refractivity contribution in [2.24, 2.45) is 5.41 Å². The SMILES string of the molecule is C[C@@H](NC(=O)c1ccnc(C2CCOCC2)n1)c1ccc(C(=C2CC3(C2)CN(C[C@H]2CCO2)C3)c2ccc(F)cc2)cc1. The fraction of sp³-hybridized carbons (Fsp3) is 0.457. The van der Waals surface area contributed by atoms with Crippen molar-refractivity contribution in [3.05, 3.63) is 100 Å². The van der Waals surface area contributed by atoms with Gasteiger partial charge in [-0.1, -0.05) is 42.0 Å². The highest BCUT2D eigenvalue weighted by Crippen LogP contribution is 2.54. The average molecular weight is 583 g/mol. The van der Waals surface area contributed by atoms with Gasteiger partial charge in [-0.2, -0.15) is 0 Å². The van der Waals surface area contributed by atoms with Crippen molar-refractivity contribution >= 4 is 11.5 Å². The van der Waals surface area contributed by atoms with E-state index in [2.05, 4.69) is 44.5 Å². The number of likely N-dealkylation sites (tertiary alicyclic amines) is 1. The predicted molar refractivity (Wildman–Crippen MR) is 162 cm³/mol. The highest BCUT2D eigenvalue weighted by atomic mass is 19.1. The first-order chi connectivity index (χ1) is 20.9. The lowest BCUT2D eigenvalue weighted by molar-refractivity contribution is -0.108. The molecule has 7 rings (SSSR count). The van der Waals surface area contributed by atoms with Gasteiger partial charge < -0.3 is 14.8 Å². The molecule has 224 valence electrons. The molecular weight excluding hydrogens is 543 g/mol. The largest absolute Gasteiger partial charge is 0.381 e. The third-order valence-corrected chi connectivity index (χ3v) is 9.58. The summed E-state index contributed by atoms with van der Waals surface area (Å²) in [6.07, 6.45) is 7.17. The normalized spacial score (nSPS) is 22.3. The summed E-state index contributed by atoms with van der Waals surface area (Å²) in [7, 11) is 0. The van der Waals surface area contributed by atoms with E-state index in [1.165, 1.54) is 17.6 Å². The second-order valence-electron chi connectivity index (χ2n) is 12.8. The molecule has 0 unspecified atom stereocenters. The van der Waals surface area contributed by atoms with Crippen molar-refractivity contribution in [1.82, 2.24) is 20.2 Å². The molecular formula is C35H39FN4O3. The Morgan fingerprint density at radius 2 is 1.67 bits per heavy atom. The number of halogens is 1. The number of rotatable bonds is 8. The Kier molecular flexibility index (Phi) is 7.84. The second kappa shape index (κ2) is 11.9. The number of allylic oxidation sites excluding steroid dienone is 1. The minimum atomic E-state index is -0.227. The number of aromatic nitrogens is 2. The van der Waals surface area contributed by atoms with Gasteiger partial charge in [-0.25, -0.2) is 14.4 Å². The molecule has 2 atom stereocenters. The van der Waals surface area contributed by atoms with E-state index in [0.29, 0.717) is 36.3 Å². The molecule has 1 aromatic heterocycles. The van der Waals surface area contributed by atoms with Crippen LogP contribution in [0.15, 0.2) is 66.4 Å². The number of amides is 1. The van der Waals surface area contributed by atoms with Crippen molar-refractivity contribution in [3.8, 4) is 0 Å². The Morgan fingerprint density at radius 1 is 1.00 bits per heavy atom. The van der Waals surface area contributed by atoms with Crippen LogP contribution in [0.25, 0.3) is 5.57 Å². The van der Waals surface area contributed by atoms with E-state index < -0.39 is 0 Å². The summed E-state index contributed by atoms with van der Waals surface area (Å²) in [6, 6.07) is 16.7. The van der Waals surface area contributed by atoms with Gasteiger partial charge in [-0.15, -0.1) is 0 Å². The Morgan fingerprint density at radius 3 is 2.33 bits per heavy atom. The first-order valence-corrected chi connectivity index (χ1v) is 15.6. The third-order valence-electron chi connectivity index (χ3n) is 9.58. The molecule has 4 aliphatic rings. The Hall–Kier alpha value is -3.46. The van der Waals surface area contributed by atoms with Crippen LogP contribution < -0.4 is 5.32 Å². The first kappa shape index (κ1) is 28.3. The lowest BCUT2D eigenvalue weighted by atomic mass is 9.59. The first-order valence-electron chi connectivity index (χ1n) is 15.6. The molecule has 0 radical (unpaired) electrons. The van der Waals surface area contributed by atoms with Gasteiger partial charge in [0, 0.05) is 57.0 Å². The van der Waals surface area contributed by atoms with E-state index in [4.69, 9.17) is 9.47 Å². The summed E-state index contributed by atoms with van der Waals surface area (Å²) < 4.78 is 24.9. The van der Waals surface area contributed by atoms with Gasteiger partial charge in [0.15, 0.2) is 0 Å². The maximum Gasteiger partial charge on any atom is 0.270 e. The molecule has 4 heterocycles. The molecule has 3 aliphatic heterocycles. The molecule has 1 spiro atoms. The number of hydrogen-bond acceptors (Lipinski definition) is 6. The molecule has 3 aromatic rings. The molecule has 8 heteroatoms. The summed E-state index contributed by atoms with van der Waals surface area (Å²) in [5.41, 5.74) is 6.57. The zero-order valence-corrected chi connectivity index (χ0v) is 24.7. The van der Waals surface area contributed by atoms with E-state index in [9.17, 15) is 9.18 Å². The summed E-state index contributed by atoms with van der Waals surface area (Å²) in [6.45, 7) is 7.61. The van der Waals surface area contributed by atoms with Crippen molar-refractivity contribution in [1.29, 1.82) is 0 Å². The molecule has 1 aliphatic carbocycles. The Bertz CT molecular complexity index is 1480. The second-order valence-corrected chi connectivity index (χ2v) is 12.8. The summed E-state index contributed by atoms with van der Waals surface area (Å²) in [4.78, 5) is 24.6. The van der Waals surface area contributed by atoms with Crippen molar-refractivity contribution in [2.45, 2.75) is 57.1 Å². The highest BCUT2D eigenvalue weighted by molar-refractivity contribution is 5.92. The van der Waals surface area contributed by atoms with Crippen LogP contribution in [0.4, 0.5) is 4.39 Å². The van der Waals surface area contributed by atoms with Gasteiger partial charge in [0.05, 0.1) is 12.1 Å². The van der Waals surface area contributed by atoms with Crippen LogP contribution in [0.1, 0.15) is 84.0 Å². The van der Waals surface area contributed by atoms with Crippen LogP contribution in [0, 0.1) is 11.2 Å². The van der Waals surface area contributed by atoms with Crippen LogP contribution in [-0.2, 0) is 9.47 Å². The van der Waals surface area contributed by atoms with E-state index in [1.807, 2.05) is 19.1 Å². The van der Waals surface area contributed by atoms with E-state index in [1.54, 1.807) is 24.4 Å². The molecule has 2 aromatic carbocycles. The van der Waals surface area contributed by atoms with Gasteiger partial charge in [0.25, 0.3) is 5.91 Å². The van der Waals surface area contributed by atoms with Crippen molar-refractivity contribution in [2.75, 3.05) is 39.5 Å². The number of nitrogens with zero attached hydrogens (tertiary/aromatic N) is 3. The molecule has 3 saturated heterocycles. The van der Waals surface area contributed by atoms with E-state index in [-0.39, 0.29) is 23.7 Å². The monoisotopic (exact) mass is 582 g/mol. The van der Waals surface area contributed by atoms with E-state index >= 15 is 0 Å². The molecule has 7 nitrogen and oxygen atoms in total. The fourth-order valence-electron chi connectivity index (χ4n) is 7.14. The van der Waals surface area contributed by atoms with Crippen molar-refractivity contribution in [3.63, 3.8) is 0 Å². The molecule has 4 fully saturated rings. The average Bonchev–Trinajstić information content (AvgIpc) is 2.97. The van der Waals surface area contributed by atoms with Crippen LogP contribution in [-0.4, -0.2) is 66.3 Å². The number of nitrogens with one attached hydrogen (secondary N) is 1. The standard InChI is InChI=1S/C35H39FN4O3/c1-23(38-34(41)31-10-14-37-33(39-31)27-11-15-42-16-12-27)24-2-4-25(5-3-24)32(26-6-8-29(36)9-7-26)28-18-35(19-28)21-40(22-35)20-30-13-17-43-30/h2-10,14,23,27,30H,11-13,15-22H2,1H3,(H,38,41)/t23-,30-/m1/s1. The number of ether oxygens (including phenoxy) is 2. The number of carbonyl (C=O) groups excluding carboxylic acids is 1. The minimum absolute atomic E-state index is 0.197. The van der Waals surface area contributed by atoms with E-state index in [0.717, 1.165) is 68.6 Å². The quantitative estimate of drug-likeness (QED) is 0.368. The molecule has 1 saturated carbocycles. The number of carbonyl (C=O) groups is 1. The predicted octanol–water partition coefficient (Wildman–Crippen LogP) is 5.69. The lowest BCUT2D eigenvalue weighted by Gasteiger charge is -2.58. The van der Waals surface area contributed by atoms with Crippen LogP contribution in [0.5, 0.6) is 0 Å². The molecule has 43 heavy (non-hydrogen) atoms. The molecule has 0 bridgehead atoms. The van der Waals surface area contributed by atoms with Gasteiger partial charge in [0.1, 0.15) is 17.3 Å². The fourth-order valence-corrected chi connectivity index (χ4v) is 7.14. The Balaban J connectivity index is 1.04. The van der Waals surface area contributed by atoms with Gasteiger partial charge in [-0.3, -0.25) is 9.69 Å². The number of hydrogen-bond donors (Lipinski definition) is 1. The topological polar surface area (TPSA) is 76.6 Å². The zero-order valence-electron chi connectivity index (χ0n) is 24.7. The summed E-state index contributed by atoms with van der Waals surface area (Å²) in [5, 5.41) is 3.11. The molecule has 1 N–H and O–H groups in total. The summed E-state index contributed by atoms with van der Waals surface area (Å²) in [5.74, 6) is 0.509. The summed E-state index contributed by atoms with van der Waals surface area (Å²) >= 11 is 0. The van der Waals surface area contributed by atoms with Crippen LogP contribution >= 0.6 is 0 Å². The molecule has 1 amide bonds. The lowest BCUT2D eigenvalue weighted by Crippen LogP contribution is -2.62. The minimum Gasteiger partial charge on any atom is -0.381 e. The van der Waals surface area contributed by atoms with Crippen molar-refractivity contribution < 1.29 is 18.7 Å². The zero-order chi connectivity index (χ0) is 29.4. The van der Waals surface area contributed by atoms with Gasteiger partial charge >= 0.3 is 0 Å². The highest BCUT2D eigenvalue weighted by Gasteiger charge is 2.51. The smallest absolute Gasteiger partial charge is 0.270 e. The van der Waals surface area contributed by atoms with Crippen LogP contribution in [0.3, 0.4) is 0 Å². The van der Waals surface area contributed by atoms with Gasteiger partial charge in [-0.05, 0) is 79.5 Å². The third kappa shape index (κ3) is 6.01. The maximum absolute atomic E-state index is 13.8.